The fourth-order valence-corrected chi connectivity index (χ4v) is 3.31. The van der Waals surface area contributed by atoms with Crippen molar-refractivity contribution in [1.29, 1.82) is 0 Å². The summed E-state index contributed by atoms with van der Waals surface area (Å²) in [4.78, 5) is 12.1. The van der Waals surface area contributed by atoms with Crippen LogP contribution in [0.15, 0.2) is 54.2 Å². The minimum atomic E-state index is 0.142. The summed E-state index contributed by atoms with van der Waals surface area (Å²) in [6.07, 6.45) is 3.04. The lowest BCUT2D eigenvalue weighted by Crippen LogP contribution is -2.21. The largest absolute Gasteiger partial charge is 0.497 e. The van der Waals surface area contributed by atoms with Crippen LogP contribution in [0.3, 0.4) is 0 Å². The van der Waals surface area contributed by atoms with Crippen molar-refractivity contribution in [3.05, 3.63) is 75.4 Å². The lowest BCUT2D eigenvalue weighted by Gasteiger charge is -2.23. The first-order valence-electron chi connectivity index (χ1n) is 8.10. The van der Waals surface area contributed by atoms with E-state index in [4.69, 9.17) is 27.9 Å². The summed E-state index contributed by atoms with van der Waals surface area (Å²) in [6, 6.07) is 13.5. The molecule has 0 fully saturated rings. The first-order valence-corrected chi connectivity index (χ1v) is 8.86. The Morgan fingerprint density at radius 3 is 2.52 bits per heavy atom. The van der Waals surface area contributed by atoms with E-state index in [1.165, 1.54) is 0 Å². The van der Waals surface area contributed by atoms with Crippen LogP contribution in [0.4, 0.5) is 0 Å². The number of carbonyl (C=O) groups is 1. The second-order valence-corrected chi connectivity index (χ2v) is 6.93. The number of nitrogens with one attached hydrogen (secondary N) is 1. The van der Waals surface area contributed by atoms with Crippen molar-refractivity contribution < 1.29 is 9.53 Å². The normalized spacial score (nSPS) is 17.2. The summed E-state index contributed by atoms with van der Waals surface area (Å²) in [5, 5.41) is 4.42. The van der Waals surface area contributed by atoms with Gasteiger partial charge >= 0.3 is 0 Å². The summed E-state index contributed by atoms with van der Waals surface area (Å²) in [6.45, 7) is 0.603. The molecule has 2 aromatic rings. The van der Waals surface area contributed by atoms with Crippen molar-refractivity contribution in [2.24, 2.45) is 0 Å². The Morgan fingerprint density at radius 2 is 1.84 bits per heavy atom. The minimum Gasteiger partial charge on any atom is -0.497 e. The van der Waals surface area contributed by atoms with Gasteiger partial charge in [-0.2, -0.15) is 0 Å². The zero-order valence-corrected chi connectivity index (χ0v) is 15.4. The van der Waals surface area contributed by atoms with Gasteiger partial charge < -0.3 is 10.1 Å². The Morgan fingerprint density at radius 1 is 1.08 bits per heavy atom. The van der Waals surface area contributed by atoms with Crippen molar-refractivity contribution in [3.63, 3.8) is 0 Å². The van der Waals surface area contributed by atoms with Gasteiger partial charge in [0.25, 0.3) is 0 Å². The monoisotopic (exact) mass is 375 g/mol. The highest BCUT2D eigenvalue weighted by Gasteiger charge is 2.22. The van der Waals surface area contributed by atoms with Crippen LogP contribution in [0.2, 0.25) is 10.0 Å². The number of ether oxygens (including phenoxy) is 1. The smallest absolute Gasteiger partial charge is 0.158 e. The highest BCUT2D eigenvalue weighted by Crippen LogP contribution is 2.31. The van der Waals surface area contributed by atoms with Gasteiger partial charge in [-0.05, 0) is 47.7 Å². The molecule has 0 saturated carbocycles. The molecular weight excluding hydrogens is 357 g/mol. The molecule has 0 aromatic heterocycles. The SMILES string of the molecule is COc1ccc([C@@H]2CC(=O)C=C(NCc3ccc(Cl)c(Cl)c3)C2)cc1. The van der Waals surface area contributed by atoms with Gasteiger partial charge in [0.1, 0.15) is 5.75 Å². The van der Waals surface area contributed by atoms with Gasteiger partial charge in [0.15, 0.2) is 5.78 Å². The van der Waals surface area contributed by atoms with E-state index in [0.29, 0.717) is 23.0 Å². The fourth-order valence-electron chi connectivity index (χ4n) is 2.99. The number of ketones is 1. The lowest BCUT2D eigenvalue weighted by molar-refractivity contribution is -0.115. The maximum Gasteiger partial charge on any atom is 0.158 e. The highest BCUT2D eigenvalue weighted by molar-refractivity contribution is 6.42. The third-order valence-corrected chi connectivity index (χ3v) is 5.08. The molecule has 2 aromatic carbocycles. The Hall–Kier alpha value is -1.97. The molecule has 0 radical (unpaired) electrons. The van der Waals surface area contributed by atoms with Gasteiger partial charge in [-0.3, -0.25) is 4.79 Å². The third-order valence-electron chi connectivity index (χ3n) is 4.34. The van der Waals surface area contributed by atoms with Crippen molar-refractivity contribution in [3.8, 4) is 5.75 Å². The van der Waals surface area contributed by atoms with E-state index in [1.54, 1.807) is 19.3 Å². The first kappa shape index (κ1) is 17.8. The van der Waals surface area contributed by atoms with Crippen LogP contribution in [-0.2, 0) is 11.3 Å². The first-order chi connectivity index (χ1) is 12.0. The number of allylic oxidation sites excluding steroid dienone is 2. The van der Waals surface area contributed by atoms with Crippen LogP contribution in [0.25, 0.3) is 0 Å². The second kappa shape index (κ2) is 7.94. The fraction of sp³-hybridized carbons (Fsp3) is 0.250. The molecule has 1 atom stereocenters. The van der Waals surface area contributed by atoms with E-state index in [9.17, 15) is 4.79 Å². The number of halogens is 2. The van der Waals surface area contributed by atoms with E-state index in [0.717, 1.165) is 29.0 Å². The molecule has 0 aliphatic heterocycles. The van der Waals surface area contributed by atoms with Crippen LogP contribution < -0.4 is 10.1 Å². The van der Waals surface area contributed by atoms with Crippen molar-refractivity contribution in [2.45, 2.75) is 25.3 Å². The molecule has 0 saturated heterocycles. The summed E-state index contributed by atoms with van der Waals surface area (Å²) in [5.41, 5.74) is 3.12. The number of rotatable bonds is 5. The molecule has 25 heavy (non-hydrogen) atoms. The third kappa shape index (κ3) is 4.56. The molecule has 1 N–H and O–H groups in total. The average molecular weight is 376 g/mol. The van der Waals surface area contributed by atoms with Gasteiger partial charge in [-0.15, -0.1) is 0 Å². The maximum absolute atomic E-state index is 12.1. The Bertz CT molecular complexity index is 800. The van der Waals surface area contributed by atoms with Gasteiger partial charge in [0.05, 0.1) is 17.2 Å². The van der Waals surface area contributed by atoms with Crippen molar-refractivity contribution in [2.75, 3.05) is 7.11 Å². The van der Waals surface area contributed by atoms with E-state index in [1.807, 2.05) is 36.4 Å². The molecule has 5 heteroatoms. The minimum absolute atomic E-state index is 0.142. The van der Waals surface area contributed by atoms with E-state index >= 15 is 0 Å². The van der Waals surface area contributed by atoms with E-state index in [-0.39, 0.29) is 11.7 Å². The molecule has 3 nitrogen and oxygen atoms in total. The predicted molar refractivity (Wildman–Crippen MR) is 101 cm³/mol. The Kier molecular flexibility index (Phi) is 5.67. The standard InChI is InChI=1S/C20H19Cl2NO2/c1-25-18-5-3-14(4-6-18)15-9-16(11-17(24)10-15)23-12-13-2-7-19(21)20(22)8-13/h2-8,11,15,23H,9-10,12H2,1H3/t15-/m0/s1. The van der Waals surface area contributed by atoms with Crippen molar-refractivity contribution >= 4 is 29.0 Å². The highest BCUT2D eigenvalue weighted by atomic mass is 35.5. The molecular formula is C20H19Cl2NO2. The molecule has 0 amide bonds. The number of methoxy groups -OCH3 is 1. The second-order valence-electron chi connectivity index (χ2n) is 6.12. The summed E-state index contributed by atoms with van der Waals surface area (Å²) in [7, 11) is 1.65. The number of hydrogen-bond donors (Lipinski definition) is 1. The van der Waals surface area contributed by atoms with Gasteiger partial charge in [0, 0.05) is 24.7 Å². The zero-order valence-electron chi connectivity index (χ0n) is 13.9. The molecule has 1 aliphatic carbocycles. The van der Waals surface area contributed by atoms with Crippen molar-refractivity contribution in [1.82, 2.24) is 5.32 Å². The molecule has 3 rings (SSSR count). The van der Waals surface area contributed by atoms with Gasteiger partial charge in [-0.1, -0.05) is 41.4 Å². The van der Waals surface area contributed by atoms with Crippen LogP contribution >= 0.6 is 23.2 Å². The van der Waals surface area contributed by atoms with Crippen LogP contribution in [-0.4, -0.2) is 12.9 Å². The average Bonchev–Trinajstić information content (AvgIpc) is 2.62. The van der Waals surface area contributed by atoms with Crippen LogP contribution in [0.5, 0.6) is 5.75 Å². The molecule has 0 spiro atoms. The topological polar surface area (TPSA) is 38.3 Å². The van der Waals surface area contributed by atoms with Crippen LogP contribution in [0, 0.1) is 0 Å². The van der Waals surface area contributed by atoms with Gasteiger partial charge in [-0.25, -0.2) is 0 Å². The Labute approximate surface area is 157 Å². The number of hydrogen-bond acceptors (Lipinski definition) is 3. The molecule has 0 bridgehead atoms. The molecule has 0 heterocycles. The summed E-state index contributed by atoms with van der Waals surface area (Å²) < 4.78 is 5.19. The van der Waals surface area contributed by atoms with E-state index in [2.05, 4.69) is 5.32 Å². The quantitative estimate of drug-likeness (QED) is 0.787. The number of benzene rings is 2. The predicted octanol–water partition coefficient (Wildman–Crippen LogP) is 5.12. The van der Waals surface area contributed by atoms with Gasteiger partial charge in [0.2, 0.25) is 0 Å². The summed E-state index contributed by atoms with van der Waals surface area (Å²) in [5.74, 6) is 1.14. The lowest BCUT2D eigenvalue weighted by atomic mass is 9.85. The van der Waals surface area contributed by atoms with E-state index < -0.39 is 0 Å². The Balaban J connectivity index is 1.67. The molecule has 0 unspecified atom stereocenters. The summed E-state index contributed by atoms with van der Waals surface area (Å²) >= 11 is 12.0. The van der Waals surface area contributed by atoms with Crippen LogP contribution in [0.1, 0.15) is 29.9 Å². The zero-order chi connectivity index (χ0) is 17.8. The maximum atomic E-state index is 12.1. The molecule has 1 aliphatic rings. The number of carbonyl (C=O) groups excluding carboxylic acids is 1. The molecule has 130 valence electrons.